The van der Waals surface area contributed by atoms with Crippen LogP contribution in [0.15, 0.2) is 54.7 Å². The van der Waals surface area contributed by atoms with Crippen LogP contribution in [0.3, 0.4) is 0 Å². The van der Waals surface area contributed by atoms with E-state index in [0.717, 1.165) is 36.8 Å². The number of hydrogen-bond donors (Lipinski definition) is 0. The summed E-state index contributed by atoms with van der Waals surface area (Å²) in [7, 11) is 3.17. The summed E-state index contributed by atoms with van der Waals surface area (Å²) in [5.41, 5.74) is 3.64. The number of carbonyl (C=O) groups excluding carboxylic acids is 2. The first-order valence-electron chi connectivity index (χ1n) is 14.0. The highest BCUT2D eigenvalue weighted by Crippen LogP contribution is 2.40. The Kier molecular flexibility index (Phi) is 9.85. The minimum atomic E-state index is -0.867. The summed E-state index contributed by atoms with van der Waals surface area (Å²) in [5, 5.41) is 0.296. The number of Topliss-reactive ketones (excluding diaryl/α,β-unsaturated/α-hetero) is 1. The van der Waals surface area contributed by atoms with E-state index in [0.29, 0.717) is 51.7 Å². The molecule has 7 heteroatoms. The molecule has 1 fully saturated rings. The van der Waals surface area contributed by atoms with Crippen LogP contribution < -0.4 is 14.4 Å². The number of pyridine rings is 1. The number of ketones is 1. The first-order valence-corrected chi connectivity index (χ1v) is 14.4. The Morgan fingerprint density at radius 3 is 2.25 bits per heavy atom. The van der Waals surface area contributed by atoms with Crippen LogP contribution in [0.2, 0.25) is 5.15 Å². The Hall–Kier alpha value is -3.38. The van der Waals surface area contributed by atoms with Crippen LogP contribution in [-0.2, 0) is 4.79 Å². The van der Waals surface area contributed by atoms with Crippen LogP contribution in [0, 0.1) is 12.8 Å². The predicted octanol–water partition coefficient (Wildman–Crippen LogP) is 8.11. The van der Waals surface area contributed by atoms with Crippen molar-refractivity contribution in [2.75, 3.05) is 19.1 Å². The standard InChI is InChI=1S/C33H39ClN2O4/c1-21(2)24-11-14-27(15-12-24)36(33(38)25-13-16-30(34)35-20-25)31(28(37)18-23-9-7-6-8-10-23)26-17-22(3)32(40-5)29(19-26)39-4/h11-17,19-21,23,31H,6-10,18H2,1-5H3. The van der Waals surface area contributed by atoms with Crippen molar-refractivity contribution < 1.29 is 19.1 Å². The summed E-state index contributed by atoms with van der Waals surface area (Å²) in [4.78, 5) is 34.4. The molecule has 0 saturated heterocycles. The number of aromatic nitrogens is 1. The number of halogens is 1. The third kappa shape index (κ3) is 6.67. The molecule has 1 heterocycles. The van der Waals surface area contributed by atoms with E-state index in [2.05, 4.69) is 18.8 Å². The molecule has 6 nitrogen and oxygen atoms in total. The lowest BCUT2D eigenvalue weighted by Crippen LogP contribution is -2.40. The first kappa shape index (κ1) is 29.6. The van der Waals surface area contributed by atoms with E-state index in [1.165, 1.54) is 12.6 Å². The zero-order valence-electron chi connectivity index (χ0n) is 24.1. The van der Waals surface area contributed by atoms with E-state index < -0.39 is 6.04 Å². The molecule has 0 spiro atoms. The Morgan fingerprint density at radius 2 is 1.68 bits per heavy atom. The van der Waals surface area contributed by atoms with Crippen LogP contribution in [0.1, 0.15) is 91.4 Å². The summed E-state index contributed by atoms with van der Waals surface area (Å²) < 4.78 is 11.2. The van der Waals surface area contributed by atoms with Gasteiger partial charge in [-0.25, -0.2) is 4.98 Å². The average Bonchev–Trinajstić information content (AvgIpc) is 2.96. The van der Waals surface area contributed by atoms with Crippen LogP contribution in [0.5, 0.6) is 11.5 Å². The maximum atomic E-state index is 14.4. The average molecular weight is 563 g/mol. The predicted molar refractivity (Wildman–Crippen MR) is 160 cm³/mol. The third-order valence-electron chi connectivity index (χ3n) is 7.81. The number of hydrogen-bond acceptors (Lipinski definition) is 5. The number of anilines is 1. The topological polar surface area (TPSA) is 68.7 Å². The molecule has 3 aromatic rings. The van der Waals surface area contributed by atoms with Gasteiger partial charge in [0.25, 0.3) is 5.91 Å². The van der Waals surface area contributed by atoms with Crippen molar-refractivity contribution in [3.05, 3.63) is 82.1 Å². The van der Waals surface area contributed by atoms with E-state index >= 15 is 0 Å². The highest BCUT2D eigenvalue weighted by molar-refractivity contribution is 6.29. The Morgan fingerprint density at radius 1 is 0.975 bits per heavy atom. The number of amides is 1. The number of nitrogens with zero attached hydrogens (tertiary/aromatic N) is 2. The highest BCUT2D eigenvalue weighted by atomic mass is 35.5. The fourth-order valence-electron chi connectivity index (χ4n) is 5.65. The van der Waals surface area contributed by atoms with Gasteiger partial charge in [-0.2, -0.15) is 0 Å². The molecule has 2 aromatic carbocycles. The van der Waals surface area contributed by atoms with Crippen molar-refractivity contribution in [3.8, 4) is 11.5 Å². The highest BCUT2D eigenvalue weighted by Gasteiger charge is 2.35. The maximum Gasteiger partial charge on any atom is 0.260 e. The second-order valence-corrected chi connectivity index (χ2v) is 11.3. The Bertz CT molecular complexity index is 1320. The zero-order valence-corrected chi connectivity index (χ0v) is 24.8. The molecular formula is C33H39ClN2O4. The quantitative estimate of drug-likeness (QED) is 0.233. The van der Waals surface area contributed by atoms with Gasteiger partial charge >= 0.3 is 0 Å². The van der Waals surface area contributed by atoms with Gasteiger partial charge in [-0.15, -0.1) is 0 Å². The van der Waals surface area contributed by atoms with E-state index in [9.17, 15) is 9.59 Å². The molecule has 1 saturated carbocycles. The van der Waals surface area contributed by atoms with Crippen molar-refractivity contribution in [1.29, 1.82) is 0 Å². The van der Waals surface area contributed by atoms with Crippen LogP contribution in [-0.4, -0.2) is 30.9 Å². The van der Waals surface area contributed by atoms with Gasteiger partial charge in [0.15, 0.2) is 17.3 Å². The molecule has 40 heavy (non-hydrogen) atoms. The van der Waals surface area contributed by atoms with Crippen LogP contribution >= 0.6 is 11.6 Å². The summed E-state index contributed by atoms with van der Waals surface area (Å²) in [6, 6.07) is 14.0. The number of carbonyl (C=O) groups is 2. The van der Waals surface area contributed by atoms with Gasteiger partial charge in [0.1, 0.15) is 11.2 Å². The van der Waals surface area contributed by atoms with Crippen molar-refractivity contribution in [3.63, 3.8) is 0 Å². The SMILES string of the molecule is COc1cc(C(C(=O)CC2CCCCC2)N(C(=O)c2ccc(Cl)nc2)c2ccc(C(C)C)cc2)cc(C)c1OC. The second-order valence-electron chi connectivity index (χ2n) is 10.9. The monoisotopic (exact) mass is 562 g/mol. The van der Waals surface area contributed by atoms with Gasteiger partial charge in [-0.3, -0.25) is 14.5 Å². The third-order valence-corrected chi connectivity index (χ3v) is 8.04. The first-order chi connectivity index (χ1) is 19.2. The van der Waals surface area contributed by atoms with Crippen molar-refractivity contribution >= 4 is 29.0 Å². The summed E-state index contributed by atoms with van der Waals surface area (Å²) in [6.07, 6.45) is 7.40. The molecule has 212 valence electrons. The van der Waals surface area contributed by atoms with Gasteiger partial charge in [0.05, 0.1) is 19.8 Å². The smallest absolute Gasteiger partial charge is 0.260 e. The zero-order chi connectivity index (χ0) is 28.8. The molecular weight excluding hydrogens is 524 g/mol. The molecule has 1 aliphatic carbocycles. The summed E-state index contributed by atoms with van der Waals surface area (Å²) >= 11 is 6.04. The molecule has 1 aliphatic rings. The van der Waals surface area contributed by atoms with Gasteiger partial charge < -0.3 is 9.47 Å². The van der Waals surface area contributed by atoms with Gasteiger partial charge in [0.2, 0.25) is 0 Å². The van der Waals surface area contributed by atoms with Crippen molar-refractivity contribution in [2.24, 2.45) is 5.92 Å². The molecule has 0 aliphatic heterocycles. The second kappa shape index (κ2) is 13.3. The fraction of sp³-hybridized carbons (Fsp3) is 0.424. The lowest BCUT2D eigenvalue weighted by Gasteiger charge is -2.33. The lowest BCUT2D eigenvalue weighted by molar-refractivity contribution is -0.121. The van der Waals surface area contributed by atoms with Gasteiger partial charge in [-0.1, -0.05) is 69.7 Å². The van der Waals surface area contributed by atoms with Crippen LogP contribution in [0.4, 0.5) is 5.69 Å². The van der Waals surface area contributed by atoms with Crippen LogP contribution in [0.25, 0.3) is 0 Å². The Balaban J connectivity index is 1.89. The molecule has 1 amide bonds. The van der Waals surface area contributed by atoms with Crippen molar-refractivity contribution in [2.45, 2.75) is 71.3 Å². The summed E-state index contributed by atoms with van der Waals surface area (Å²) in [5.74, 6) is 1.44. The normalized spacial score (nSPS) is 14.6. The largest absolute Gasteiger partial charge is 0.493 e. The van der Waals surface area contributed by atoms with E-state index in [1.807, 2.05) is 43.3 Å². The maximum absolute atomic E-state index is 14.4. The number of benzene rings is 2. The minimum Gasteiger partial charge on any atom is -0.493 e. The van der Waals surface area contributed by atoms with E-state index in [4.69, 9.17) is 21.1 Å². The molecule has 0 N–H and O–H groups in total. The molecule has 1 unspecified atom stereocenters. The number of aryl methyl sites for hydroxylation is 1. The number of ether oxygens (including phenoxy) is 2. The molecule has 0 radical (unpaired) electrons. The van der Waals surface area contributed by atoms with Crippen molar-refractivity contribution in [1.82, 2.24) is 4.98 Å². The summed E-state index contributed by atoms with van der Waals surface area (Å²) in [6.45, 7) is 6.17. The van der Waals surface area contributed by atoms with Gasteiger partial charge in [-0.05, 0) is 71.8 Å². The van der Waals surface area contributed by atoms with E-state index in [1.54, 1.807) is 31.3 Å². The molecule has 4 rings (SSSR count). The lowest BCUT2D eigenvalue weighted by atomic mass is 9.83. The molecule has 1 atom stereocenters. The fourth-order valence-corrected chi connectivity index (χ4v) is 5.76. The molecule has 1 aromatic heterocycles. The number of methoxy groups -OCH3 is 2. The Labute approximate surface area is 242 Å². The molecule has 0 bridgehead atoms. The number of rotatable bonds is 10. The minimum absolute atomic E-state index is 0.00160. The van der Waals surface area contributed by atoms with Gasteiger partial charge in [0, 0.05) is 18.3 Å². The van der Waals surface area contributed by atoms with E-state index in [-0.39, 0.29) is 11.7 Å².